The molecule has 1 fully saturated rings. The quantitative estimate of drug-likeness (QED) is 0.525. The predicted octanol–water partition coefficient (Wildman–Crippen LogP) is 1.72. The second-order valence-corrected chi connectivity index (χ2v) is 4.42. The number of imide groups is 2. The summed E-state index contributed by atoms with van der Waals surface area (Å²) < 4.78 is 0. The lowest BCUT2D eigenvalue weighted by molar-refractivity contribution is -0.136. The summed E-state index contributed by atoms with van der Waals surface area (Å²) in [5, 5.41) is 4.22. The molecule has 0 aromatic heterocycles. The van der Waals surface area contributed by atoms with Crippen molar-refractivity contribution in [3.8, 4) is 0 Å². The van der Waals surface area contributed by atoms with Gasteiger partial charge in [0.05, 0.1) is 0 Å². The molecule has 0 bridgehead atoms. The predicted molar refractivity (Wildman–Crippen MR) is 63.2 cm³/mol. The van der Waals surface area contributed by atoms with Gasteiger partial charge in [0.15, 0.2) is 0 Å². The number of nitrogens with one attached hydrogen (secondary N) is 2. The Labute approximate surface area is 101 Å². The molecule has 0 atom stereocenters. The lowest BCUT2D eigenvalue weighted by Gasteiger charge is -2.20. The third-order valence-corrected chi connectivity index (χ3v) is 2.95. The molecule has 1 rings (SSSR count). The summed E-state index contributed by atoms with van der Waals surface area (Å²) in [6.07, 6.45) is 7.20. The van der Waals surface area contributed by atoms with E-state index in [-0.39, 0.29) is 0 Å². The van der Waals surface area contributed by atoms with Gasteiger partial charge in [-0.3, -0.25) is 20.2 Å². The second kappa shape index (κ2) is 7.04. The summed E-state index contributed by atoms with van der Waals surface area (Å²) in [6, 6.07) is -0.709. The van der Waals surface area contributed by atoms with Crippen molar-refractivity contribution in [3.63, 3.8) is 0 Å². The largest absolute Gasteiger partial charge is 0.328 e. The topological polar surface area (TPSA) is 75.3 Å². The van der Waals surface area contributed by atoms with E-state index in [1.165, 1.54) is 19.3 Å². The van der Waals surface area contributed by atoms with Crippen LogP contribution in [0.5, 0.6) is 0 Å². The summed E-state index contributed by atoms with van der Waals surface area (Å²) >= 11 is 0. The zero-order valence-corrected chi connectivity index (χ0v) is 10.3. The van der Waals surface area contributed by atoms with Gasteiger partial charge in [0.1, 0.15) is 5.92 Å². The first kappa shape index (κ1) is 13.7. The van der Waals surface area contributed by atoms with Gasteiger partial charge in [0.25, 0.3) is 0 Å². The third kappa shape index (κ3) is 4.54. The average molecular weight is 240 g/mol. The standard InChI is InChI=1S/C12H20N2O3/c1-2-3-4-5-6-7-8-9-10(15)13-12(17)14-11(9)16/h9H,2-8H2,1H3,(H2,13,14,15,16,17). The molecule has 5 nitrogen and oxygen atoms in total. The fourth-order valence-electron chi connectivity index (χ4n) is 1.94. The molecule has 0 aromatic carbocycles. The third-order valence-electron chi connectivity index (χ3n) is 2.95. The van der Waals surface area contributed by atoms with Gasteiger partial charge in [-0.1, -0.05) is 45.4 Å². The van der Waals surface area contributed by atoms with Gasteiger partial charge in [-0.2, -0.15) is 0 Å². The summed E-state index contributed by atoms with van der Waals surface area (Å²) in [4.78, 5) is 33.6. The van der Waals surface area contributed by atoms with E-state index in [0.29, 0.717) is 6.42 Å². The van der Waals surface area contributed by atoms with Gasteiger partial charge >= 0.3 is 6.03 Å². The number of barbiturate groups is 1. The number of hydrogen-bond acceptors (Lipinski definition) is 3. The fourth-order valence-corrected chi connectivity index (χ4v) is 1.94. The van der Waals surface area contributed by atoms with E-state index in [4.69, 9.17) is 0 Å². The molecule has 5 heteroatoms. The Morgan fingerprint density at radius 1 is 0.882 bits per heavy atom. The monoisotopic (exact) mass is 240 g/mol. The zero-order valence-electron chi connectivity index (χ0n) is 10.3. The summed E-state index contributed by atoms with van der Waals surface area (Å²) in [6.45, 7) is 2.16. The number of hydrogen-bond donors (Lipinski definition) is 2. The molecule has 96 valence electrons. The SMILES string of the molecule is CCCCCCCCC1C(=O)NC(=O)NC1=O. The Hall–Kier alpha value is -1.39. The molecule has 0 saturated carbocycles. The molecule has 0 spiro atoms. The summed E-state index contributed by atoms with van der Waals surface area (Å²) in [5.74, 6) is -1.63. The van der Waals surface area contributed by atoms with Crippen molar-refractivity contribution in [1.29, 1.82) is 0 Å². The second-order valence-electron chi connectivity index (χ2n) is 4.42. The van der Waals surface area contributed by atoms with E-state index in [2.05, 4.69) is 17.6 Å². The molecule has 0 aliphatic carbocycles. The highest BCUT2D eigenvalue weighted by Gasteiger charge is 2.33. The first-order valence-electron chi connectivity index (χ1n) is 6.31. The van der Waals surface area contributed by atoms with Crippen LogP contribution >= 0.6 is 0 Å². The molecule has 1 aliphatic heterocycles. The molecular weight excluding hydrogens is 220 g/mol. The van der Waals surface area contributed by atoms with Crippen LogP contribution in [0.2, 0.25) is 0 Å². The lowest BCUT2D eigenvalue weighted by atomic mass is 9.97. The van der Waals surface area contributed by atoms with Crippen molar-refractivity contribution in [1.82, 2.24) is 10.6 Å². The minimum Gasteiger partial charge on any atom is -0.277 e. The van der Waals surface area contributed by atoms with Crippen molar-refractivity contribution in [3.05, 3.63) is 0 Å². The Morgan fingerprint density at radius 2 is 1.41 bits per heavy atom. The normalized spacial score (nSPS) is 16.9. The number of rotatable bonds is 7. The van der Waals surface area contributed by atoms with Crippen molar-refractivity contribution in [2.45, 2.75) is 51.9 Å². The fraction of sp³-hybridized carbons (Fsp3) is 0.750. The molecule has 0 unspecified atom stereocenters. The molecule has 17 heavy (non-hydrogen) atoms. The van der Waals surface area contributed by atoms with Crippen LogP contribution in [0.4, 0.5) is 4.79 Å². The van der Waals surface area contributed by atoms with Crippen LogP contribution in [0.3, 0.4) is 0 Å². The van der Waals surface area contributed by atoms with Crippen molar-refractivity contribution >= 4 is 17.8 Å². The maximum absolute atomic E-state index is 11.4. The smallest absolute Gasteiger partial charge is 0.277 e. The number of unbranched alkanes of at least 4 members (excludes halogenated alkanes) is 5. The molecule has 1 heterocycles. The molecule has 4 amide bonds. The van der Waals surface area contributed by atoms with Crippen LogP contribution in [0.1, 0.15) is 51.9 Å². The van der Waals surface area contributed by atoms with Gasteiger partial charge in [-0.05, 0) is 6.42 Å². The molecular formula is C12H20N2O3. The maximum atomic E-state index is 11.4. The highest BCUT2D eigenvalue weighted by molar-refractivity contribution is 6.16. The summed E-state index contributed by atoms with van der Waals surface area (Å²) in [5.41, 5.74) is 0. The zero-order chi connectivity index (χ0) is 12.7. The van der Waals surface area contributed by atoms with E-state index >= 15 is 0 Å². The van der Waals surface area contributed by atoms with E-state index < -0.39 is 23.8 Å². The number of urea groups is 1. The highest BCUT2D eigenvalue weighted by atomic mass is 16.2. The first-order valence-corrected chi connectivity index (χ1v) is 6.31. The van der Waals surface area contributed by atoms with Crippen LogP contribution in [0.15, 0.2) is 0 Å². The highest BCUT2D eigenvalue weighted by Crippen LogP contribution is 2.14. The molecule has 0 aromatic rings. The molecule has 1 saturated heterocycles. The van der Waals surface area contributed by atoms with E-state index in [1.54, 1.807) is 0 Å². The van der Waals surface area contributed by atoms with E-state index in [1.807, 2.05) is 0 Å². The van der Waals surface area contributed by atoms with Crippen LogP contribution in [-0.2, 0) is 9.59 Å². The van der Waals surface area contributed by atoms with Crippen molar-refractivity contribution in [2.24, 2.45) is 5.92 Å². The van der Waals surface area contributed by atoms with E-state index in [0.717, 1.165) is 19.3 Å². The van der Waals surface area contributed by atoms with Crippen LogP contribution < -0.4 is 10.6 Å². The lowest BCUT2D eigenvalue weighted by Crippen LogP contribution is -2.55. The molecule has 2 N–H and O–H groups in total. The van der Waals surface area contributed by atoms with Gasteiger partial charge in [-0.25, -0.2) is 4.79 Å². The van der Waals surface area contributed by atoms with Gasteiger partial charge < -0.3 is 0 Å². The molecule has 0 radical (unpaired) electrons. The Kier molecular flexibility index (Phi) is 5.66. The van der Waals surface area contributed by atoms with Crippen LogP contribution in [-0.4, -0.2) is 17.8 Å². The van der Waals surface area contributed by atoms with Crippen LogP contribution in [0.25, 0.3) is 0 Å². The minimum atomic E-state index is -0.709. The Morgan fingerprint density at radius 3 is 2.00 bits per heavy atom. The molecule has 1 aliphatic rings. The first-order chi connectivity index (χ1) is 8.15. The number of amides is 4. The summed E-state index contributed by atoms with van der Waals surface area (Å²) in [7, 11) is 0. The van der Waals surface area contributed by atoms with E-state index in [9.17, 15) is 14.4 Å². The number of carbonyl (C=O) groups excluding carboxylic acids is 3. The van der Waals surface area contributed by atoms with Gasteiger partial charge in [0, 0.05) is 0 Å². The van der Waals surface area contributed by atoms with Gasteiger partial charge in [0.2, 0.25) is 11.8 Å². The number of carbonyl (C=O) groups is 3. The Bertz CT molecular complexity index is 282. The van der Waals surface area contributed by atoms with Crippen molar-refractivity contribution < 1.29 is 14.4 Å². The maximum Gasteiger partial charge on any atom is 0.328 e. The van der Waals surface area contributed by atoms with Crippen LogP contribution in [0, 0.1) is 5.92 Å². The Balaban J connectivity index is 2.19. The van der Waals surface area contributed by atoms with Gasteiger partial charge in [-0.15, -0.1) is 0 Å². The average Bonchev–Trinajstić information content (AvgIpc) is 2.26. The minimum absolute atomic E-state index is 0.465. The van der Waals surface area contributed by atoms with Crippen molar-refractivity contribution in [2.75, 3.05) is 0 Å².